The summed E-state index contributed by atoms with van der Waals surface area (Å²) in [6, 6.07) is 10.0. The smallest absolute Gasteiger partial charge is 0.124 e. The van der Waals surface area contributed by atoms with Gasteiger partial charge < -0.3 is 20.4 Å². The summed E-state index contributed by atoms with van der Waals surface area (Å²) < 4.78 is 0. The summed E-state index contributed by atoms with van der Waals surface area (Å²) >= 11 is 0. The number of hydrogen-bond acceptors (Lipinski definition) is 6. The molecule has 0 saturated heterocycles. The van der Waals surface area contributed by atoms with Crippen LogP contribution in [0.5, 0.6) is 0 Å². The standard InChI is InChI=1S/C13H18N2O4/c14-6-10(12(18)13(19)11(17)8-16)15-7-9-4-2-1-3-5-9/h1-5,10-13,15-19H,7-8H2/t10-,11-,12-,13-/m1/s1. The molecule has 0 fully saturated rings. The minimum absolute atomic E-state index is 0.345. The molecule has 0 heterocycles. The zero-order chi connectivity index (χ0) is 14.3. The van der Waals surface area contributed by atoms with Gasteiger partial charge in [0.1, 0.15) is 24.4 Å². The summed E-state index contributed by atoms with van der Waals surface area (Å²) in [5.74, 6) is 0. The van der Waals surface area contributed by atoms with Crippen LogP contribution in [0.3, 0.4) is 0 Å². The molecule has 0 aliphatic heterocycles. The van der Waals surface area contributed by atoms with E-state index in [-0.39, 0.29) is 0 Å². The van der Waals surface area contributed by atoms with Gasteiger partial charge in [0.2, 0.25) is 0 Å². The fourth-order valence-corrected chi connectivity index (χ4v) is 1.60. The Balaban J connectivity index is 2.56. The van der Waals surface area contributed by atoms with Gasteiger partial charge in [-0.25, -0.2) is 0 Å². The average molecular weight is 266 g/mol. The Morgan fingerprint density at radius 1 is 1.11 bits per heavy atom. The first-order chi connectivity index (χ1) is 9.10. The van der Waals surface area contributed by atoms with Gasteiger partial charge >= 0.3 is 0 Å². The van der Waals surface area contributed by atoms with Crippen molar-refractivity contribution in [3.63, 3.8) is 0 Å². The van der Waals surface area contributed by atoms with Gasteiger partial charge in [0.25, 0.3) is 0 Å². The van der Waals surface area contributed by atoms with E-state index in [0.29, 0.717) is 6.54 Å². The van der Waals surface area contributed by atoms with Crippen LogP contribution < -0.4 is 5.32 Å². The van der Waals surface area contributed by atoms with E-state index in [1.54, 1.807) is 0 Å². The second-order valence-corrected chi connectivity index (χ2v) is 4.20. The van der Waals surface area contributed by atoms with E-state index in [2.05, 4.69) is 5.32 Å². The van der Waals surface area contributed by atoms with Gasteiger partial charge in [-0.05, 0) is 5.56 Å². The largest absolute Gasteiger partial charge is 0.394 e. The minimum atomic E-state index is -1.59. The van der Waals surface area contributed by atoms with E-state index in [9.17, 15) is 15.3 Å². The Labute approximate surface area is 111 Å². The topological polar surface area (TPSA) is 117 Å². The summed E-state index contributed by atoms with van der Waals surface area (Å²) in [5, 5.41) is 48.9. The molecule has 0 aliphatic carbocycles. The Bertz CT molecular complexity index is 407. The number of nitrogens with zero attached hydrogens (tertiary/aromatic N) is 1. The van der Waals surface area contributed by atoms with Crippen molar-refractivity contribution in [1.82, 2.24) is 5.32 Å². The van der Waals surface area contributed by atoms with Gasteiger partial charge in [0.15, 0.2) is 0 Å². The summed E-state index contributed by atoms with van der Waals surface area (Å²) in [7, 11) is 0. The van der Waals surface area contributed by atoms with Crippen molar-refractivity contribution in [2.75, 3.05) is 6.61 Å². The monoisotopic (exact) mass is 266 g/mol. The molecule has 0 spiro atoms. The van der Waals surface area contributed by atoms with Crippen molar-refractivity contribution < 1.29 is 20.4 Å². The van der Waals surface area contributed by atoms with E-state index in [0.717, 1.165) is 5.56 Å². The zero-order valence-electron chi connectivity index (χ0n) is 10.3. The highest BCUT2D eigenvalue weighted by atomic mass is 16.4. The predicted molar refractivity (Wildman–Crippen MR) is 67.8 cm³/mol. The first-order valence-electron chi connectivity index (χ1n) is 5.92. The van der Waals surface area contributed by atoms with E-state index in [1.165, 1.54) is 0 Å². The van der Waals surface area contributed by atoms with Crippen LogP contribution in [-0.2, 0) is 6.54 Å². The van der Waals surface area contributed by atoms with Crippen molar-refractivity contribution in [1.29, 1.82) is 5.26 Å². The maximum Gasteiger partial charge on any atom is 0.124 e. The molecule has 6 heteroatoms. The average Bonchev–Trinajstić information content (AvgIpc) is 2.47. The number of nitrogens with one attached hydrogen (secondary N) is 1. The summed E-state index contributed by atoms with van der Waals surface area (Å²) in [5.41, 5.74) is 0.923. The molecule has 1 aromatic rings. The van der Waals surface area contributed by atoms with Crippen molar-refractivity contribution in [2.45, 2.75) is 30.9 Å². The van der Waals surface area contributed by atoms with Gasteiger partial charge in [0.05, 0.1) is 12.7 Å². The van der Waals surface area contributed by atoms with Gasteiger partial charge in [0, 0.05) is 6.54 Å². The first-order valence-corrected chi connectivity index (χ1v) is 5.92. The van der Waals surface area contributed by atoms with Crippen LogP contribution in [0.2, 0.25) is 0 Å². The molecule has 4 atom stereocenters. The van der Waals surface area contributed by atoms with Crippen molar-refractivity contribution in [3.05, 3.63) is 35.9 Å². The van der Waals surface area contributed by atoms with E-state index in [1.807, 2.05) is 36.4 Å². The molecule has 0 unspecified atom stereocenters. The van der Waals surface area contributed by atoms with E-state index < -0.39 is 31.0 Å². The summed E-state index contributed by atoms with van der Waals surface area (Å²) in [6.07, 6.45) is -4.56. The third kappa shape index (κ3) is 4.59. The number of aliphatic hydroxyl groups is 4. The molecule has 1 rings (SSSR count). The van der Waals surface area contributed by atoms with Crippen LogP contribution in [0, 0.1) is 11.3 Å². The lowest BCUT2D eigenvalue weighted by atomic mass is 10.0. The number of aliphatic hydroxyl groups excluding tert-OH is 4. The molecule has 0 saturated carbocycles. The van der Waals surface area contributed by atoms with E-state index >= 15 is 0 Å². The molecule has 1 aromatic carbocycles. The number of hydrogen-bond donors (Lipinski definition) is 5. The zero-order valence-corrected chi connectivity index (χ0v) is 10.3. The predicted octanol–water partition coefficient (Wildman–Crippen LogP) is -1.26. The molecular formula is C13H18N2O4. The molecule has 104 valence electrons. The molecule has 5 N–H and O–H groups in total. The first kappa shape index (κ1) is 15.6. The second-order valence-electron chi connectivity index (χ2n) is 4.20. The quantitative estimate of drug-likeness (QED) is 0.421. The molecule has 0 radical (unpaired) electrons. The Morgan fingerprint density at radius 2 is 1.74 bits per heavy atom. The summed E-state index contributed by atoms with van der Waals surface area (Å²) in [4.78, 5) is 0. The van der Waals surface area contributed by atoms with Crippen LogP contribution in [0.25, 0.3) is 0 Å². The normalized spacial score (nSPS) is 17.2. The lowest BCUT2D eigenvalue weighted by Gasteiger charge is -2.25. The van der Waals surface area contributed by atoms with Crippen LogP contribution in [0.15, 0.2) is 30.3 Å². The van der Waals surface area contributed by atoms with Crippen LogP contribution in [0.1, 0.15) is 5.56 Å². The van der Waals surface area contributed by atoms with E-state index in [4.69, 9.17) is 10.4 Å². The van der Waals surface area contributed by atoms with Crippen molar-refractivity contribution >= 4 is 0 Å². The molecule has 6 nitrogen and oxygen atoms in total. The van der Waals surface area contributed by atoms with Crippen LogP contribution >= 0.6 is 0 Å². The lowest BCUT2D eigenvalue weighted by molar-refractivity contribution is -0.0816. The van der Waals surface area contributed by atoms with Crippen LogP contribution in [-0.4, -0.2) is 51.4 Å². The minimum Gasteiger partial charge on any atom is -0.394 e. The molecule has 0 aromatic heterocycles. The highest BCUT2D eigenvalue weighted by Gasteiger charge is 2.30. The molecule has 0 amide bonds. The van der Waals surface area contributed by atoms with Gasteiger partial charge in [-0.1, -0.05) is 30.3 Å². The Morgan fingerprint density at radius 3 is 2.26 bits per heavy atom. The lowest BCUT2D eigenvalue weighted by Crippen LogP contribution is -2.50. The number of nitriles is 1. The van der Waals surface area contributed by atoms with Gasteiger partial charge in [-0.2, -0.15) is 5.26 Å². The molecular weight excluding hydrogens is 248 g/mol. The second kappa shape index (κ2) is 7.84. The highest BCUT2D eigenvalue weighted by molar-refractivity contribution is 5.15. The highest BCUT2D eigenvalue weighted by Crippen LogP contribution is 2.06. The maximum atomic E-state index is 9.75. The SMILES string of the molecule is N#C[C@@H](NCc1ccccc1)[C@@H](O)[C@H](O)[C@H](O)CO. The van der Waals surface area contributed by atoms with Crippen LogP contribution in [0.4, 0.5) is 0 Å². The van der Waals surface area contributed by atoms with Gasteiger partial charge in [-0.3, -0.25) is 5.32 Å². The molecule has 0 aliphatic rings. The third-order valence-corrected chi connectivity index (χ3v) is 2.78. The van der Waals surface area contributed by atoms with Crippen molar-refractivity contribution in [2.24, 2.45) is 0 Å². The van der Waals surface area contributed by atoms with Crippen molar-refractivity contribution in [3.8, 4) is 6.07 Å². The number of benzene rings is 1. The molecule has 19 heavy (non-hydrogen) atoms. The number of rotatable bonds is 7. The van der Waals surface area contributed by atoms with Gasteiger partial charge in [-0.15, -0.1) is 0 Å². The Hall–Kier alpha value is -1.49. The fraction of sp³-hybridized carbons (Fsp3) is 0.462. The Kier molecular flexibility index (Phi) is 6.42. The summed E-state index contributed by atoms with van der Waals surface area (Å²) in [6.45, 7) is -0.340. The molecule has 0 bridgehead atoms. The third-order valence-electron chi connectivity index (χ3n) is 2.78. The maximum absolute atomic E-state index is 9.75. The fourth-order valence-electron chi connectivity index (χ4n) is 1.60.